The molecule has 0 aromatic heterocycles. The zero-order valence-corrected chi connectivity index (χ0v) is 15.8. The van der Waals surface area contributed by atoms with Gasteiger partial charge < -0.3 is 10.5 Å². The SMILES string of the molecule is CCOCC1(N)C(c2ccc(Br)cc2)C1S(=O)(=O)c1ccccc1. The average Bonchev–Trinajstić information content (AvgIpc) is 3.21. The maximum absolute atomic E-state index is 13.1. The molecule has 1 aliphatic carbocycles. The number of hydrogen-bond acceptors (Lipinski definition) is 4. The van der Waals surface area contributed by atoms with Crippen molar-refractivity contribution in [1.82, 2.24) is 0 Å². The second-order valence-corrected chi connectivity index (χ2v) is 9.04. The molecule has 24 heavy (non-hydrogen) atoms. The van der Waals surface area contributed by atoms with E-state index in [-0.39, 0.29) is 12.5 Å². The molecule has 2 N–H and O–H groups in total. The van der Waals surface area contributed by atoms with Gasteiger partial charge in [-0.15, -0.1) is 0 Å². The molecule has 0 amide bonds. The molecular weight excluding hydrogens is 390 g/mol. The highest BCUT2D eigenvalue weighted by Gasteiger charge is 2.69. The second kappa shape index (κ2) is 6.59. The fourth-order valence-electron chi connectivity index (χ4n) is 3.25. The van der Waals surface area contributed by atoms with E-state index in [0.29, 0.717) is 11.5 Å². The van der Waals surface area contributed by atoms with Gasteiger partial charge in [-0.2, -0.15) is 0 Å². The van der Waals surface area contributed by atoms with E-state index < -0.39 is 20.6 Å². The van der Waals surface area contributed by atoms with Gasteiger partial charge in [0.2, 0.25) is 0 Å². The van der Waals surface area contributed by atoms with Gasteiger partial charge in [-0.1, -0.05) is 46.3 Å². The summed E-state index contributed by atoms with van der Waals surface area (Å²) < 4.78 is 32.6. The lowest BCUT2D eigenvalue weighted by Gasteiger charge is -2.12. The Morgan fingerprint density at radius 1 is 1.12 bits per heavy atom. The quantitative estimate of drug-likeness (QED) is 0.795. The van der Waals surface area contributed by atoms with Crippen LogP contribution >= 0.6 is 15.9 Å². The van der Waals surface area contributed by atoms with Gasteiger partial charge in [0.05, 0.1) is 22.3 Å². The molecule has 1 saturated carbocycles. The van der Waals surface area contributed by atoms with Crippen molar-refractivity contribution < 1.29 is 13.2 Å². The Kier molecular flexibility index (Phi) is 4.84. The molecule has 128 valence electrons. The number of halogens is 1. The van der Waals surface area contributed by atoms with Gasteiger partial charge >= 0.3 is 0 Å². The zero-order valence-electron chi connectivity index (χ0n) is 13.4. The van der Waals surface area contributed by atoms with E-state index in [2.05, 4.69) is 15.9 Å². The van der Waals surface area contributed by atoms with Gasteiger partial charge in [-0.3, -0.25) is 0 Å². The van der Waals surface area contributed by atoms with Gasteiger partial charge in [0, 0.05) is 17.0 Å². The number of sulfone groups is 1. The van der Waals surface area contributed by atoms with E-state index >= 15 is 0 Å². The van der Waals surface area contributed by atoms with Crippen LogP contribution in [0.25, 0.3) is 0 Å². The van der Waals surface area contributed by atoms with Crippen LogP contribution in [-0.2, 0) is 14.6 Å². The molecule has 4 nitrogen and oxygen atoms in total. The van der Waals surface area contributed by atoms with Crippen LogP contribution in [0.1, 0.15) is 18.4 Å². The van der Waals surface area contributed by atoms with E-state index in [9.17, 15) is 8.42 Å². The highest BCUT2D eigenvalue weighted by Crippen LogP contribution is 2.55. The molecule has 0 aliphatic heterocycles. The molecule has 0 heterocycles. The molecule has 3 unspecified atom stereocenters. The maximum Gasteiger partial charge on any atom is 0.183 e. The first-order valence-electron chi connectivity index (χ1n) is 7.82. The predicted molar refractivity (Wildman–Crippen MR) is 97.7 cm³/mol. The molecule has 0 saturated heterocycles. The summed E-state index contributed by atoms with van der Waals surface area (Å²) in [6.45, 7) is 2.60. The number of ether oxygens (including phenoxy) is 1. The average molecular weight is 410 g/mol. The molecule has 3 atom stereocenters. The van der Waals surface area contributed by atoms with E-state index in [4.69, 9.17) is 10.5 Å². The van der Waals surface area contributed by atoms with Crippen LogP contribution in [0.5, 0.6) is 0 Å². The first-order chi connectivity index (χ1) is 11.4. The number of rotatable bonds is 6. The van der Waals surface area contributed by atoms with Crippen LogP contribution < -0.4 is 5.73 Å². The van der Waals surface area contributed by atoms with Crippen molar-refractivity contribution in [3.05, 3.63) is 64.6 Å². The number of benzene rings is 2. The molecule has 1 fully saturated rings. The van der Waals surface area contributed by atoms with Crippen molar-refractivity contribution in [3.63, 3.8) is 0 Å². The first-order valence-corrected chi connectivity index (χ1v) is 10.2. The summed E-state index contributed by atoms with van der Waals surface area (Å²) in [4.78, 5) is 0.306. The molecule has 0 bridgehead atoms. The van der Waals surface area contributed by atoms with Gasteiger partial charge in [-0.05, 0) is 36.8 Å². The fraction of sp³-hybridized carbons (Fsp3) is 0.333. The largest absolute Gasteiger partial charge is 0.380 e. The fourth-order valence-corrected chi connectivity index (χ4v) is 5.83. The van der Waals surface area contributed by atoms with Crippen LogP contribution in [0, 0.1) is 0 Å². The molecule has 2 aromatic carbocycles. The minimum atomic E-state index is -3.53. The number of nitrogens with two attached hydrogens (primary N) is 1. The maximum atomic E-state index is 13.1. The Hall–Kier alpha value is -1.21. The smallest absolute Gasteiger partial charge is 0.183 e. The summed E-state index contributed by atoms with van der Waals surface area (Å²) >= 11 is 3.40. The zero-order chi connectivity index (χ0) is 17.4. The normalized spacial score (nSPS) is 26.3. The summed E-state index contributed by atoms with van der Waals surface area (Å²) in [6, 6.07) is 16.1. The summed E-state index contributed by atoms with van der Waals surface area (Å²) in [7, 11) is -3.53. The topological polar surface area (TPSA) is 69.4 Å². The highest BCUT2D eigenvalue weighted by atomic mass is 79.9. The van der Waals surface area contributed by atoms with Crippen molar-refractivity contribution >= 4 is 25.8 Å². The van der Waals surface area contributed by atoms with Gasteiger partial charge in [0.25, 0.3) is 0 Å². The van der Waals surface area contributed by atoms with Crippen LogP contribution in [-0.4, -0.2) is 32.4 Å². The second-order valence-electron chi connectivity index (χ2n) is 6.06. The Morgan fingerprint density at radius 3 is 2.33 bits per heavy atom. The van der Waals surface area contributed by atoms with Crippen molar-refractivity contribution in [1.29, 1.82) is 0 Å². The van der Waals surface area contributed by atoms with Crippen LogP contribution in [0.15, 0.2) is 64.0 Å². The van der Waals surface area contributed by atoms with E-state index in [1.165, 1.54) is 0 Å². The Balaban J connectivity index is 1.99. The van der Waals surface area contributed by atoms with E-state index in [1.807, 2.05) is 31.2 Å². The molecular formula is C18H20BrNO3S. The van der Waals surface area contributed by atoms with E-state index in [1.54, 1.807) is 30.3 Å². The Bertz CT molecular complexity index is 808. The molecule has 0 spiro atoms. The third kappa shape index (κ3) is 3.04. The van der Waals surface area contributed by atoms with Gasteiger partial charge in [0.15, 0.2) is 9.84 Å². The summed E-state index contributed by atoms with van der Waals surface area (Å²) in [5.41, 5.74) is 6.52. The Labute approximate surface area is 151 Å². The third-order valence-electron chi connectivity index (χ3n) is 4.49. The standard InChI is InChI=1S/C18H20BrNO3S/c1-2-23-12-18(20)16(13-8-10-14(19)11-9-13)17(18)24(21,22)15-6-4-3-5-7-15/h3-11,16-17H,2,12,20H2,1H3. The van der Waals surface area contributed by atoms with Crippen molar-refractivity contribution in [2.24, 2.45) is 5.73 Å². The molecule has 2 aromatic rings. The number of hydrogen-bond donors (Lipinski definition) is 1. The summed E-state index contributed by atoms with van der Waals surface area (Å²) in [5, 5.41) is -0.680. The van der Waals surface area contributed by atoms with Crippen molar-refractivity contribution in [2.75, 3.05) is 13.2 Å². The van der Waals surface area contributed by atoms with Crippen LogP contribution in [0.4, 0.5) is 0 Å². The minimum absolute atomic E-state index is 0.223. The van der Waals surface area contributed by atoms with E-state index in [0.717, 1.165) is 10.0 Å². The van der Waals surface area contributed by atoms with Gasteiger partial charge in [0.1, 0.15) is 0 Å². The highest BCUT2D eigenvalue weighted by molar-refractivity contribution is 9.10. The van der Waals surface area contributed by atoms with Crippen LogP contribution in [0.3, 0.4) is 0 Å². The monoisotopic (exact) mass is 409 g/mol. The van der Waals surface area contributed by atoms with Crippen molar-refractivity contribution in [3.8, 4) is 0 Å². The van der Waals surface area contributed by atoms with Crippen LogP contribution in [0.2, 0.25) is 0 Å². The lowest BCUT2D eigenvalue weighted by atomic mass is 10.1. The molecule has 0 radical (unpaired) electrons. The molecule has 6 heteroatoms. The first kappa shape index (κ1) is 17.6. The Morgan fingerprint density at radius 2 is 1.75 bits per heavy atom. The minimum Gasteiger partial charge on any atom is -0.380 e. The third-order valence-corrected chi connectivity index (χ3v) is 7.33. The lowest BCUT2D eigenvalue weighted by Crippen LogP contribution is -2.36. The predicted octanol–water partition coefficient (Wildman–Crippen LogP) is 3.12. The van der Waals surface area contributed by atoms with Gasteiger partial charge in [-0.25, -0.2) is 8.42 Å². The molecule has 1 aliphatic rings. The molecule has 3 rings (SSSR count). The van der Waals surface area contributed by atoms with Crippen molar-refractivity contribution in [2.45, 2.75) is 28.5 Å². The summed E-state index contributed by atoms with van der Waals surface area (Å²) in [5.74, 6) is -0.276. The lowest BCUT2D eigenvalue weighted by molar-refractivity contribution is 0.125. The summed E-state index contributed by atoms with van der Waals surface area (Å²) in [6.07, 6.45) is 0.